The third kappa shape index (κ3) is 3.33. The van der Waals surface area contributed by atoms with Gasteiger partial charge in [-0.1, -0.05) is 30.3 Å². The highest BCUT2D eigenvalue weighted by Gasteiger charge is 2.41. The lowest BCUT2D eigenvalue weighted by molar-refractivity contribution is 0.0373. The molecule has 1 unspecified atom stereocenters. The summed E-state index contributed by atoms with van der Waals surface area (Å²) in [7, 11) is 2.08. The molecule has 2 aliphatic rings. The molecule has 2 fully saturated rings. The van der Waals surface area contributed by atoms with E-state index in [0.29, 0.717) is 6.10 Å². The maximum absolute atomic E-state index is 6.15. The summed E-state index contributed by atoms with van der Waals surface area (Å²) in [6.45, 7) is 4.20. The highest BCUT2D eigenvalue weighted by atomic mass is 16.5. The van der Waals surface area contributed by atoms with Crippen LogP contribution in [0.1, 0.15) is 24.1 Å². The molecule has 1 aromatic heterocycles. The van der Waals surface area contributed by atoms with Gasteiger partial charge in [-0.25, -0.2) is 4.98 Å². The molecule has 0 radical (unpaired) electrons. The first kappa shape index (κ1) is 14.9. The largest absolute Gasteiger partial charge is 0.374 e. The molecule has 0 bridgehead atoms. The number of rotatable bonds is 5. The molecule has 23 heavy (non-hydrogen) atoms. The fourth-order valence-corrected chi connectivity index (χ4v) is 4.16. The minimum atomic E-state index is 0.448. The van der Waals surface area contributed by atoms with Crippen molar-refractivity contribution in [2.75, 3.05) is 13.1 Å². The molecule has 1 saturated heterocycles. The minimum absolute atomic E-state index is 0.448. The summed E-state index contributed by atoms with van der Waals surface area (Å²) in [6.07, 6.45) is 6.77. The van der Waals surface area contributed by atoms with Gasteiger partial charge < -0.3 is 9.30 Å². The van der Waals surface area contributed by atoms with E-state index >= 15 is 0 Å². The summed E-state index contributed by atoms with van der Waals surface area (Å²) in [5.41, 5.74) is 2.59. The summed E-state index contributed by atoms with van der Waals surface area (Å²) in [6, 6.07) is 10.5. The van der Waals surface area contributed by atoms with Crippen LogP contribution in [0.25, 0.3) is 0 Å². The normalized spacial score (nSPS) is 27.4. The first-order valence-corrected chi connectivity index (χ1v) is 8.61. The van der Waals surface area contributed by atoms with Crippen molar-refractivity contribution in [3.8, 4) is 0 Å². The number of aromatic nitrogens is 2. The Labute approximate surface area is 138 Å². The molecule has 4 nitrogen and oxygen atoms in total. The zero-order chi connectivity index (χ0) is 15.6. The number of benzene rings is 1. The van der Waals surface area contributed by atoms with E-state index in [1.54, 1.807) is 0 Å². The van der Waals surface area contributed by atoms with E-state index < -0.39 is 0 Å². The Morgan fingerprint density at radius 3 is 2.52 bits per heavy atom. The fraction of sp³-hybridized carbons (Fsp3) is 0.526. The van der Waals surface area contributed by atoms with Gasteiger partial charge in [0.05, 0.1) is 24.7 Å². The van der Waals surface area contributed by atoms with Gasteiger partial charge in [0.25, 0.3) is 0 Å². The molecule has 2 heterocycles. The summed E-state index contributed by atoms with van der Waals surface area (Å²) in [5, 5.41) is 0. The fourth-order valence-electron chi connectivity index (χ4n) is 4.16. The Morgan fingerprint density at radius 2 is 1.87 bits per heavy atom. The molecule has 2 aromatic rings. The van der Waals surface area contributed by atoms with Crippen LogP contribution in [0.2, 0.25) is 0 Å². The summed E-state index contributed by atoms with van der Waals surface area (Å²) < 4.78 is 8.28. The Balaban J connectivity index is 1.26. The number of nitrogens with zero attached hydrogens (tertiary/aromatic N) is 3. The quantitative estimate of drug-likeness (QED) is 0.850. The molecule has 0 spiro atoms. The SMILES string of the molecule is Cn1cncc1CN1C[C@H]2CC(OCc3ccccc3)C[C@H]2C1. The molecule has 3 atom stereocenters. The van der Waals surface area contributed by atoms with Gasteiger partial charge in [0.15, 0.2) is 0 Å². The van der Waals surface area contributed by atoms with Crippen LogP contribution in [0.15, 0.2) is 42.9 Å². The number of hydrogen-bond acceptors (Lipinski definition) is 3. The van der Waals surface area contributed by atoms with Crippen LogP contribution in [-0.4, -0.2) is 33.6 Å². The monoisotopic (exact) mass is 311 g/mol. The van der Waals surface area contributed by atoms with Gasteiger partial charge in [0, 0.05) is 32.9 Å². The van der Waals surface area contributed by atoms with E-state index in [1.807, 2.05) is 12.5 Å². The molecule has 1 aromatic carbocycles. The van der Waals surface area contributed by atoms with Gasteiger partial charge >= 0.3 is 0 Å². The maximum atomic E-state index is 6.15. The Bertz CT molecular complexity index is 625. The van der Waals surface area contributed by atoms with Crippen LogP contribution in [0.4, 0.5) is 0 Å². The molecule has 4 rings (SSSR count). The summed E-state index contributed by atoms with van der Waals surface area (Å²) in [5.74, 6) is 1.62. The van der Waals surface area contributed by atoms with Gasteiger partial charge in [0.1, 0.15) is 0 Å². The van der Waals surface area contributed by atoms with Crippen LogP contribution in [-0.2, 0) is 24.9 Å². The summed E-state index contributed by atoms with van der Waals surface area (Å²) >= 11 is 0. The smallest absolute Gasteiger partial charge is 0.0945 e. The second kappa shape index (κ2) is 6.46. The van der Waals surface area contributed by atoms with Crippen LogP contribution >= 0.6 is 0 Å². The lowest BCUT2D eigenvalue weighted by Crippen LogP contribution is -2.24. The average Bonchev–Trinajstić information content (AvgIpc) is 3.22. The predicted molar refractivity (Wildman–Crippen MR) is 89.7 cm³/mol. The number of ether oxygens (including phenoxy) is 1. The Hall–Kier alpha value is -1.65. The van der Waals surface area contributed by atoms with Crippen molar-refractivity contribution in [1.82, 2.24) is 14.5 Å². The van der Waals surface area contributed by atoms with Crippen molar-refractivity contribution in [3.63, 3.8) is 0 Å². The zero-order valence-electron chi connectivity index (χ0n) is 13.8. The maximum Gasteiger partial charge on any atom is 0.0945 e. The molecule has 0 amide bonds. The van der Waals surface area contributed by atoms with Crippen LogP contribution in [0.3, 0.4) is 0 Å². The van der Waals surface area contributed by atoms with Gasteiger partial charge in [-0.05, 0) is 30.2 Å². The third-order valence-corrected chi connectivity index (χ3v) is 5.41. The molecule has 1 aliphatic carbocycles. The average molecular weight is 311 g/mol. The van der Waals surface area contributed by atoms with Gasteiger partial charge in [-0.2, -0.15) is 0 Å². The molecule has 4 heteroatoms. The zero-order valence-corrected chi connectivity index (χ0v) is 13.8. The highest BCUT2D eigenvalue weighted by molar-refractivity contribution is 5.13. The lowest BCUT2D eigenvalue weighted by Gasteiger charge is -2.19. The van der Waals surface area contributed by atoms with Crippen molar-refractivity contribution in [1.29, 1.82) is 0 Å². The number of imidazole rings is 1. The Morgan fingerprint density at radius 1 is 1.13 bits per heavy atom. The van der Waals surface area contributed by atoms with Crippen LogP contribution < -0.4 is 0 Å². The van der Waals surface area contributed by atoms with E-state index in [2.05, 4.69) is 51.8 Å². The van der Waals surface area contributed by atoms with E-state index in [0.717, 1.165) is 25.0 Å². The molecule has 1 saturated carbocycles. The standard InChI is InChI=1S/C19H25N3O/c1-21-14-20-9-18(21)12-22-10-16-7-19(8-17(16)11-22)23-13-15-5-3-2-4-6-15/h2-6,9,14,16-17,19H,7-8,10-13H2,1H3/t16-,17+,19?. The number of fused-ring (bicyclic) bond motifs is 1. The van der Waals surface area contributed by atoms with Crippen molar-refractivity contribution < 1.29 is 4.74 Å². The molecule has 0 N–H and O–H groups in total. The second-order valence-electron chi connectivity index (χ2n) is 7.10. The Kier molecular flexibility index (Phi) is 4.19. The van der Waals surface area contributed by atoms with Gasteiger partial charge in [0.2, 0.25) is 0 Å². The van der Waals surface area contributed by atoms with Gasteiger partial charge in [-0.3, -0.25) is 4.90 Å². The summed E-state index contributed by atoms with van der Waals surface area (Å²) in [4.78, 5) is 6.80. The number of hydrogen-bond donors (Lipinski definition) is 0. The first-order chi connectivity index (χ1) is 11.3. The van der Waals surface area contributed by atoms with Crippen molar-refractivity contribution >= 4 is 0 Å². The minimum Gasteiger partial charge on any atom is -0.374 e. The first-order valence-electron chi connectivity index (χ1n) is 8.61. The topological polar surface area (TPSA) is 30.3 Å². The molecule has 1 aliphatic heterocycles. The predicted octanol–water partition coefficient (Wildman–Crippen LogP) is 2.85. The molecular formula is C19H25N3O. The van der Waals surface area contributed by atoms with E-state index in [9.17, 15) is 0 Å². The van der Waals surface area contributed by atoms with E-state index in [4.69, 9.17) is 4.74 Å². The lowest BCUT2D eigenvalue weighted by atomic mass is 10.0. The van der Waals surface area contributed by atoms with Crippen molar-refractivity contribution in [2.24, 2.45) is 18.9 Å². The molecule has 122 valence electrons. The molecular weight excluding hydrogens is 286 g/mol. The highest BCUT2D eigenvalue weighted by Crippen LogP contribution is 2.40. The van der Waals surface area contributed by atoms with Crippen LogP contribution in [0, 0.1) is 11.8 Å². The van der Waals surface area contributed by atoms with Crippen molar-refractivity contribution in [2.45, 2.75) is 32.1 Å². The van der Waals surface area contributed by atoms with Gasteiger partial charge in [-0.15, -0.1) is 0 Å². The third-order valence-electron chi connectivity index (χ3n) is 5.41. The van der Waals surface area contributed by atoms with Crippen LogP contribution in [0.5, 0.6) is 0 Å². The number of aryl methyl sites for hydroxylation is 1. The van der Waals surface area contributed by atoms with E-state index in [-0.39, 0.29) is 0 Å². The second-order valence-corrected chi connectivity index (χ2v) is 7.10. The van der Waals surface area contributed by atoms with E-state index in [1.165, 1.54) is 37.2 Å². The van der Waals surface area contributed by atoms with Crippen molar-refractivity contribution in [3.05, 3.63) is 54.1 Å². The number of likely N-dealkylation sites (tertiary alicyclic amines) is 1.